The summed E-state index contributed by atoms with van der Waals surface area (Å²) < 4.78 is 16.5. The maximum atomic E-state index is 12.6. The number of ether oxygens (including phenoxy) is 2. The third kappa shape index (κ3) is 4.89. The minimum absolute atomic E-state index is 0.0820. The van der Waals surface area contributed by atoms with E-state index in [-0.39, 0.29) is 5.91 Å². The van der Waals surface area contributed by atoms with Crippen molar-refractivity contribution in [3.63, 3.8) is 0 Å². The second-order valence-electron chi connectivity index (χ2n) is 6.75. The molecule has 2 aromatic carbocycles. The maximum Gasteiger partial charge on any atom is 0.250 e. The Labute approximate surface area is 176 Å². The van der Waals surface area contributed by atoms with E-state index in [2.05, 4.69) is 5.16 Å². The van der Waals surface area contributed by atoms with Crippen LogP contribution in [0, 0.1) is 13.8 Å². The average molecular weight is 406 g/mol. The lowest BCUT2D eigenvalue weighted by Gasteiger charge is -2.19. The lowest BCUT2D eigenvalue weighted by molar-refractivity contribution is -0.114. The van der Waals surface area contributed by atoms with Crippen LogP contribution in [0.15, 0.2) is 59.1 Å². The fraction of sp³-hybridized carbons (Fsp3) is 0.250. The summed E-state index contributed by atoms with van der Waals surface area (Å²) in [6, 6.07) is 15.2. The van der Waals surface area contributed by atoms with Crippen molar-refractivity contribution < 1.29 is 18.8 Å². The Balaban J connectivity index is 1.71. The average Bonchev–Trinajstić information content (AvgIpc) is 3.09. The molecule has 0 saturated carbocycles. The molecule has 0 radical (unpaired) electrons. The van der Waals surface area contributed by atoms with Gasteiger partial charge >= 0.3 is 0 Å². The minimum Gasteiger partial charge on any atom is -0.493 e. The van der Waals surface area contributed by atoms with Crippen LogP contribution in [-0.2, 0) is 11.4 Å². The normalized spacial score (nSPS) is 10.9. The Morgan fingerprint density at radius 3 is 2.53 bits per heavy atom. The summed E-state index contributed by atoms with van der Waals surface area (Å²) >= 11 is 0. The van der Waals surface area contributed by atoms with Crippen LogP contribution in [0.4, 0.5) is 5.69 Å². The molecule has 6 heteroatoms. The predicted octanol–water partition coefficient (Wildman–Crippen LogP) is 4.95. The van der Waals surface area contributed by atoms with Gasteiger partial charge in [0.05, 0.1) is 18.4 Å². The van der Waals surface area contributed by atoms with E-state index in [4.69, 9.17) is 14.0 Å². The van der Waals surface area contributed by atoms with Crippen molar-refractivity contribution in [1.29, 1.82) is 0 Å². The highest BCUT2D eigenvalue weighted by molar-refractivity contribution is 6.03. The molecule has 0 saturated heterocycles. The molecule has 0 atom stereocenters. The van der Waals surface area contributed by atoms with Gasteiger partial charge in [-0.3, -0.25) is 4.79 Å². The second kappa shape index (κ2) is 9.78. The number of benzene rings is 2. The van der Waals surface area contributed by atoms with Gasteiger partial charge in [-0.15, -0.1) is 0 Å². The molecular weight excluding hydrogens is 380 g/mol. The van der Waals surface area contributed by atoms with Crippen molar-refractivity contribution in [2.75, 3.05) is 18.6 Å². The molecule has 3 aromatic rings. The molecule has 0 aliphatic carbocycles. The molecule has 0 bridgehead atoms. The molecule has 0 N–H and O–H groups in total. The van der Waals surface area contributed by atoms with Crippen LogP contribution >= 0.6 is 0 Å². The van der Waals surface area contributed by atoms with E-state index in [9.17, 15) is 4.79 Å². The first kappa shape index (κ1) is 21.2. The third-order valence-electron chi connectivity index (χ3n) is 4.81. The second-order valence-corrected chi connectivity index (χ2v) is 6.75. The monoisotopic (exact) mass is 406 g/mol. The van der Waals surface area contributed by atoms with Gasteiger partial charge in [0.1, 0.15) is 12.4 Å². The third-order valence-corrected chi connectivity index (χ3v) is 4.81. The zero-order valence-corrected chi connectivity index (χ0v) is 17.7. The van der Waals surface area contributed by atoms with E-state index < -0.39 is 0 Å². The van der Waals surface area contributed by atoms with Crippen molar-refractivity contribution in [2.45, 2.75) is 27.4 Å². The number of anilines is 1. The Morgan fingerprint density at radius 2 is 1.90 bits per heavy atom. The number of hydrogen-bond acceptors (Lipinski definition) is 5. The summed E-state index contributed by atoms with van der Waals surface area (Å²) in [4.78, 5) is 14.4. The van der Waals surface area contributed by atoms with Gasteiger partial charge in [-0.1, -0.05) is 29.4 Å². The Hall–Kier alpha value is -3.54. The summed E-state index contributed by atoms with van der Waals surface area (Å²) in [5.41, 5.74) is 3.44. The van der Waals surface area contributed by atoms with Gasteiger partial charge in [-0.25, -0.2) is 0 Å². The van der Waals surface area contributed by atoms with Gasteiger partial charge in [0.25, 0.3) is 5.91 Å². The molecule has 0 unspecified atom stereocenters. The Morgan fingerprint density at radius 1 is 1.13 bits per heavy atom. The first-order chi connectivity index (χ1) is 14.5. The van der Waals surface area contributed by atoms with Gasteiger partial charge in [-0.05, 0) is 56.7 Å². The zero-order chi connectivity index (χ0) is 21.5. The van der Waals surface area contributed by atoms with E-state index >= 15 is 0 Å². The van der Waals surface area contributed by atoms with E-state index in [1.165, 1.54) is 0 Å². The lowest BCUT2D eigenvalue weighted by Crippen LogP contribution is -2.28. The fourth-order valence-electron chi connectivity index (χ4n) is 3.10. The van der Waals surface area contributed by atoms with Crippen molar-refractivity contribution in [1.82, 2.24) is 5.16 Å². The summed E-state index contributed by atoms with van der Waals surface area (Å²) in [5, 5.41) is 3.94. The smallest absolute Gasteiger partial charge is 0.250 e. The molecule has 30 heavy (non-hydrogen) atoms. The molecule has 3 rings (SSSR count). The summed E-state index contributed by atoms with van der Waals surface area (Å²) in [7, 11) is 1.59. The van der Waals surface area contributed by atoms with Crippen LogP contribution in [-0.4, -0.2) is 24.7 Å². The minimum atomic E-state index is -0.0820. The quantitative estimate of drug-likeness (QED) is 0.496. The number of aryl methyl sites for hydroxylation is 2. The van der Waals surface area contributed by atoms with Crippen molar-refractivity contribution in [3.8, 4) is 11.5 Å². The van der Waals surface area contributed by atoms with E-state index in [0.29, 0.717) is 24.7 Å². The number of hydrogen-bond donors (Lipinski definition) is 0. The SMILES string of the molecule is CCN(C(=O)/C=C/c1ccc(OCc2c(C)noc2C)c(OC)c1)c1ccccc1. The number of likely N-dealkylation sites (N-methyl/N-ethyl adjacent to an activating group) is 1. The van der Waals surface area contributed by atoms with Crippen LogP contribution in [0.1, 0.15) is 29.5 Å². The van der Waals surface area contributed by atoms with Crippen LogP contribution in [0.3, 0.4) is 0 Å². The molecule has 0 spiro atoms. The van der Waals surface area contributed by atoms with E-state index in [1.54, 1.807) is 24.2 Å². The standard InChI is InChI=1S/C24H26N2O4/c1-5-26(20-9-7-6-8-10-20)24(27)14-12-19-11-13-22(23(15-19)28-4)29-16-21-17(2)25-30-18(21)3/h6-15H,5,16H2,1-4H3/b14-12+. The maximum absolute atomic E-state index is 12.6. The number of nitrogens with zero attached hydrogens (tertiary/aromatic N) is 2. The molecule has 156 valence electrons. The number of para-hydroxylation sites is 1. The molecule has 0 aliphatic rings. The van der Waals surface area contributed by atoms with E-state index in [1.807, 2.05) is 69.3 Å². The van der Waals surface area contributed by atoms with Gasteiger partial charge in [-0.2, -0.15) is 0 Å². The first-order valence-corrected chi connectivity index (χ1v) is 9.80. The highest BCUT2D eigenvalue weighted by Gasteiger charge is 2.13. The molecule has 0 aliphatic heterocycles. The molecule has 6 nitrogen and oxygen atoms in total. The highest BCUT2D eigenvalue weighted by Crippen LogP contribution is 2.30. The number of aromatic nitrogens is 1. The number of carbonyl (C=O) groups excluding carboxylic acids is 1. The van der Waals surface area contributed by atoms with Crippen LogP contribution in [0.25, 0.3) is 6.08 Å². The molecule has 0 fully saturated rings. The Bertz CT molecular complexity index is 1010. The van der Waals surface area contributed by atoms with Gasteiger partial charge < -0.3 is 18.9 Å². The summed E-state index contributed by atoms with van der Waals surface area (Å²) in [5.74, 6) is 1.86. The lowest BCUT2D eigenvalue weighted by atomic mass is 10.1. The topological polar surface area (TPSA) is 64.8 Å². The molecule has 1 aromatic heterocycles. The van der Waals surface area contributed by atoms with E-state index in [0.717, 1.165) is 28.3 Å². The van der Waals surface area contributed by atoms with Crippen LogP contribution < -0.4 is 14.4 Å². The van der Waals surface area contributed by atoms with Gasteiger partial charge in [0.15, 0.2) is 11.5 Å². The van der Waals surface area contributed by atoms with Crippen LogP contribution in [0.5, 0.6) is 11.5 Å². The van der Waals surface area contributed by atoms with Crippen molar-refractivity contribution in [2.24, 2.45) is 0 Å². The predicted molar refractivity (Wildman–Crippen MR) is 117 cm³/mol. The molecular formula is C24H26N2O4. The number of carbonyl (C=O) groups is 1. The van der Waals surface area contributed by atoms with Gasteiger partial charge in [0.2, 0.25) is 0 Å². The first-order valence-electron chi connectivity index (χ1n) is 9.80. The number of rotatable bonds is 8. The molecule has 1 heterocycles. The largest absolute Gasteiger partial charge is 0.493 e. The number of amides is 1. The van der Waals surface area contributed by atoms with Crippen molar-refractivity contribution >= 4 is 17.7 Å². The molecule has 1 amide bonds. The van der Waals surface area contributed by atoms with Crippen molar-refractivity contribution in [3.05, 3.63) is 77.2 Å². The highest BCUT2D eigenvalue weighted by atomic mass is 16.5. The number of methoxy groups -OCH3 is 1. The fourth-order valence-corrected chi connectivity index (χ4v) is 3.10. The summed E-state index contributed by atoms with van der Waals surface area (Å²) in [6.07, 6.45) is 3.34. The zero-order valence-electron chi connectivity index (χ0n) is 17.7. The van der Waals surface area contributed by atoms with Gasteiger partial charge in [0, 0.05) is 18.3 Å². The Kier molecular flexibility index (Phi) is 6.91. The van der Waals surface area contributed by atoms with Crippen LogP contribution in [0.2, 0.25) is 0 Å². The summed E-state index contributed by atoms with van der Waals surface area (Å²) in [6.45, 7) is 6.62.